The zero-order valence-corrected chi connectivity index (χ0v) is 11.3. The summed E-state index contributed by atoms with van der Waals surface area (Å²) in [4.78, 5) is 11.1. The largest absolute Gasteiger partial charge is 0.481 e. The van der Waals surface area contributed by atoms with Gasteiger partial charge in [-0.1, -0.05) is 18.2 Å². The summed E-state index contributed by atoms with van der Waals surface area (Å²) in [5, 5.41) is 8.90. The fourth-order valence-corrected chi connectivity index (χ4v) is 3.67. The highest BCUT2D eigenvalue weighted by Gasteiger charge is 2.28. The Balaban J connectivity index is 1.98. The minimum absolute atomic E-state index is 0.166. The molecule has 1 saturated carbocycles. The molecule has 0 saturated heterocycles. The quantitative estimate of drug-likeness (QED) is 0.879. The van der Waals surface area contributed by atoms with Crippen LogP contribution in [-0.4, -0.2) is 25.5 Å². The average molecular weight is 283 g/mol. The van der Waals surface area contributed by atoms with Crippen LogP contribution in [-0.2, 0) is 14.8 Å². The third kappa shape index (κ3) is 3.54. The van der Waals surface area contributed by atoms with Gasteiger partial charge >= 0.3 is 5.97 Å². The number of rotatable bonds is 4. The van der Waals surface area contributed by atoms with E-state index in [1.165, 1.54) is 0 Å². The van der Waals surface area contributed by atoms with E-state index in [4.69, 9.17) is 5.11 Å². The maximum Gasteiger partial charge on any atom is 0.306 e. The number of sulfonamides is 1. The molecule has 0 radical (unpaired) electrons. The smallest absolute Gasteiger partial charge is 0.306 e. The first-order valence-electron chi connectivity index (χ1n) is 6.29. The molecule has 1 aromatic rings. The van der Waals surface area contributed by atoms with Crippen LogP contribution in [0.5, 0.6) is 0 Å². The molecule has 0 heterocycles. The molecule has 1 aromatic carbocycles. The molecule has 104 valence electrons. The molecule has 0 aromatic heterocycles. The van der Waals surface area contributed by atoms with Crippen molar-refractivity contribution in [3.8, 4) is 0 Å². The van der Waals surface area contributed by atoms with Gasteiger partial charge in [0.15, 0.2) is 0 Å². The molecule has 0 spiro atoms. The van der Waals surface area contributed by atoms with Gasteiger partial charge in [0.05, 0.1) is 10.8 Å². The van der Waals surface area contributed by atoms with E-state index in [1.54, 1.807) is 30.3 Å². The van der Waals surface area contributed by atoms with Crippen LogP contribution in [0.25, 0.3) is 0 Å². The molecule has 2 N–H and O–H groups in total. The highest BCUT2D eigenvalue weighted by atomic mass is 32.2. The van der Waals surface area contributed by atoms with Crippen LogP contribution >= 0.6 is 0 Å². The number of carboxylic acids is 1. The van der Waals surface area contributed by atoms with Gasteiger partial charge in [-0.05, 0) is 37.8 Å². The maximum atomic E-state index is 12.1. The predicted octanol–water partition coefficient (Wildman–Crippen LogP) is 1.61. The van der Waals surface area contributed by atoms with Gasteiger partial charge in [0.2, 0.25) is 10.0 Å². The monoisotopic (exact) mass is 283 g/mol. The van der Waals surface area contributed by atoms with Crippen LogP contribution in [0.4, 0.5) is 0 Å². The van der Waals surface area contributed by atoms with Gasteiger partial charge in [-0.3, -0.25) is 4.79 Å². The zero-order chi connectivity index (χ0) is 13.9. The normalized spacial score (nSPS) is 24.0. The molecule has 0 unspecified atom stereocenters. The number of hydrogen-bond acceptors (Lipinski definition) is 3. The van der Waals surface area contributed by atoms with E-state index in [-0.39, 0.29) is 16.9 Å². The van der Waals surface area contributed by atoms with Crippen molar-refractivity contribution in [1.82, 2.24) is 4.72 Å². The summed E-state index contributed by atoms with van der Waals surface area (Å²) in [7, 11) is -3.50. The van der Waals surface area contributed by atoms with Gasteiger partial charge in [0.25, 0.3) is 0 Å². The lowest BCUT2D eigenvalue weighted by Crippen LogP contribution is -2.38. The topological polar surface area (TPSA) is 83.5 Å². The van der Waals surface area contributed by atoms with Crippen molar-refractivity contribution < 1.29 is 18.3 Å². The minimum Gasteiger partial charge on any atom is -0.481 e. The van der Waals surface area contributed by atoms with Crippen molar-refractivity contribution >= 4 is 16.0 Å². The molecule has 6 heteroatoms. The van der Waals surface area contributed by atoms with Crippen molar-refractivity contribution in [2.24, 2.45) is 5.92 Å². The summed E-state index contributed by atoms with van der Waals surface area (Å²) >= 11 is 0. The molecule has 1 fully saturated rings. The Labute approximate surface area is 112 Å². The fourth-order valence-electron chi connectivity index (χ4n) is 2.35. The SMILES string of the molecule is O=C(O)C1CCC(NS(=O)(=O)c2ccccc2)CC1. The molecule has 5 nitrogen and oxygen atoms in total. The maximum absolute atomic E-state index is 12.1. The number of benzene rings is 1. The second kappa shape index (κ2) is 5.71. The molecule has 0 aliphatic heterocycles. The first-order chi connectivity index (χ1) is 8.99. The van der Waals surface area contributed by atoms with Crippen LogP contribution in [0, 0.1) is 5.92 Å². The van der Waals surface area contributed by atoms with Gasteiger partial charge in [-0.2, -0.15) is 0 Å². The number of carboxylic acid groups (broad SMARTS) is 1. The van der Waals surface area contributed by atoms with Crippen molar-refractivity contribution in [3.05, 3.63) is 30.3 Å². The van der Waals surface area contributed by atoms with Crippen molar-refractivity contribution in [2.75, 3.05) is 0 Å². The van der Waals surface area contributed by atoms with Gasteiger partial charge in [-0.15, -0.1) is 0 Å². The van der Waals surface area contributed by atoms with E-state index in [0.29, 0.717) is 25.7 Å². The van der Waals surface area contributed by atoms with Crippen LogP contribution in [0.1, 0.15) is 25.7 Å². The summed E-state index contributed by atoms with van der Waals surface area (Å²) in [5.74, 6) is -1.12. The lowest BCUT2D eigenvalue weighted by molar-refractivity contribution is -0.142. The third-order valence-electron chi connectivity index (χ3n) is 3.45. The average Bonchev–Trinajstić information content (AvgIpc) is 2.40. The Morgan fingerprint density at radius 3 is 2.21 bits per heavy atom. The molecule has 0 atom stereocenters. The molecule has 1 aliphatic carbocycles. The Morgan fingerprint density at radius 2 is 1.68 bits per heavy atom. The van der Waals surface area contributed by atoms with Gasteiger partial charge < -0.3 is 5.11 Å². The van der Waals surface area contributed by atoms with Gasteiger partial charge in [-0.25, -0.2) is 13.1 Å². The highest BCUT2D eigenvalue weighted by molar-refractivity contribution is 7.89. The van der Waals surface area contributed by atoms with E-state index < -0.39 is 16.0 Å². The van der Waals surface area contributed by atoms with Crippen LogP contribution in [0.3, 0.4) is 0 Å². The second-order valence-corrected chi connectivity index (χ2v) is 6.54. The molecule has 2 rings (SSSR count). The number of aliphatic carboxylic acids is 1. The number of carbonyl (C=O) groups is 1. The van der Waals surface area contributed by atoms with E-state index >= 15 is 0 Å². The number of nitrogens with one attached hydrogen (secondary N) is 1. The highest BCUT2D eigenvalue weighted by Crippen LogP contribution is 2.25. The van der Waals surface area contributed by atoms with E-state index in [0.717, 1.165) is 0 Å². The first kappa shape index (κ1) is 14.0. The van der Waals surface area contributed by atoms with Gasteiger partial charge in [0, 0.05) is 6.04 Å². The molecular formula is C13H17NO4S. The minimum atomic E-state index is -3.50. The van der Waals surface area contributed by atoms with Crippen LogP contribution < -0.4 is 4.72 Å². The van der Waals surface area contributed by atoms with Crippen molar-refractivity contribution in [1.29, 1.82) is 0 Å². The Hall–Kier alpha value is -1.40. The predicted molar refractivity (Wildman–Crippen MR) is 70.1 cm³/mol. The van der Waals surface area contributed by atoms with Gasteiger partial charge in [0.1, 0.15) is 0 Å². The molecular weight excluding hydrogens is 266 g/mol. The Kier molecular flexibility index (Phi) is 4.21. The van der Waals surface area contributed by atoms with E-state index in [2.05, 4.69) is 4.72 Å². The summed E-state index contributed by atoms with van der Waals surface area (Å²) in [6.45, 7) is 0. The summed E-state index contributed by atoms with van der Waals surface area (Å²) in [6.07, 6.45) is 2.20. The van der Waals surface area contributed by atoms with Crippen LogP contribution in [0.15, 0.2) is 35.2 Å². The zero-order valence-electron chi connectivity index (χ0n) is 10.5. The van der Waals surface area contributed by atoms with Crippen molar-refractivity contribution in [3.63, 3.8) is 0 Å². The standard InChI is InChI=1S/C13H17NO4S/c15-13(16)10-6-8-11(9-7-10)14-19(17,18)12-4-2-1-3-5-12/h1-5,10-11,14H,6-9H2,(H,15,16). The molecule has 0 bridgehead atoms. The summed E-state index contributed by atoms with van der Waals surface area (Å²) < 4.78 is 26.8. The summed E-state index contributed by atoms with van der Waals surface area (Å²) in [6, 6.07) is 8.04. The lowest BCUT2D eigenvalue weighted by Gasteiger charge is -2.26. The molecule has 0 amide bonds. The van der Waals surface area contributed by atoms with Crippen LogP contribution in [0.2, 0.25) is 0 Å². The lowest BCUT2D eigenvalue weighted by atomic mass is 9.87. The third-order valence-corrected chi connectivity index (χ3v) is 4.99. The Bertz CT molecular complexity index is 533. The summed E-state index contributed by atoms with van der Waals surface area (Å²) in [5.41, 5.74) is 0. The first-order valence-corrected chi connectivity index (χ1v) is 7.77. The Morgan fingerprint density at radius 1 is 1.11 bits per heavy atom. The van der Waals surface area contributed by atoms with E-state index in [1.807, 2.05) is 0 Å². The fraction of sp³-hybridized carbons (Fsp3) is 0.462. The number of hydrogen-bond donors (Lipinski definition) is 2. The van der Waals surface area contributed by atoms with E-state index in [9.17, 15) is 13.2 Å². The molecule has 19 heavy (non-hydrogen) atoms. The second-order valence-electron chi connectivity index (χ2n) is 4.82. The molecule has 1 aliphatic rings. The van der Waals surface area contributed by atoms with Crippen molar-refractivity contribution in [2.45, 2.75) is 36.6 Å².